The molecule has 144 valence electrons. The Morgan fingerprint density at radius 2 is 2.18 bits per heavy atom. The molecule has 0 aliphatic carbocycles. The zero-order chi connectivity index (χ0) is 19.8. The summed E-state index contributed by atoms with van der Waals surface area (Å²) in [5.74, 6) is 0.943. The number of H-pyrrole nitrogens is 2. The molecule has 4 rings (SSSR count). The molecule has 9 heteroatoms. The Morgan fingerprint density at radius 1 is 1.36 bits per heavy atom. The first-order chi connectivity index (χ1) is 13.4. The number of aromatic nitrogens is 4. The molecule has 0 saturated heterocycles. The van der Waals surface area contributed by atoms with Gasteiger partial charge in [-0.1, -0.05) is 0 Å². The number of anilines is 1. The number of rotatable bonds is 5. The highest BCUT2D eigenvalue weighted by molar-refractivity contribution is 7.99. The number of nitrogens with one attached hydrogen (secondary N) is 3. The predicted molar refractivity (Wildman–Crippen MR) is 115 cm³/mol. The molecule has 0 fully saturated rings. The van der Waals surface area contributed by atoms with Gasteiger partial charge in [-0.05, 0) is 44.5 Å². The number of nitrogens with zero attached hydrogens (tertiary/aromatic N) is 2. The first-order valence-electron chi connectivity index (χ1n) is 8.77. The molecule has 0 aliphatic heterocycles. The number of benzene rings is 1. The fraction of sp³-hybridized carbons (Fsp3) is 0.263. The number of hydrogen-bond acceptors (Lipinski definition) is 6. The van der Waals surface area contributed by atoms with E-state index >= 15 is 0 Å². The zero-order valence-electron chi connectivity index (χ0n) is 15.6. The zero-order valence-corrected chi connectivity index (χ0v) is 17.3. The van der Waals surface area contributed by atoms with Crippen molar-refractivity contribution in [2.24, 2.45) is 0 Å². The van der Waals surface area contributed by atoms with Gasteiger partial charge >= 0.3 is 0 Å². The van der Waals surface area contributed by atoms with E-state index in [4.69, 9.17) is 0 Å². The maximum absolute atomic E-state index is 12.5. The van der Waals surface area contributed by atoms with Crippen LogP contribution in [0.4, 0.5) is 5.69 Å². The second-order valence-corrected chi connectivity index (χ2v) is 9.12. The van der Waals surface area contributed by atoms with Crippen molar-refractivity contribution in [2.75, 3.05) is 5.32 Å². The number of carbonyl (C=O) groups is 1. The lowest BCUT2D eigenvalue weighted by atomic mass is 10.2. The molecule has 4 aromatic rings. The van der Waals surface area contributed by atoms with Gasteiger partial charge in [-0.2, -0.15) is 5.10 Å². The average Bonchev–Trinajstić information content (AvgIpc) is 3.23. The number of fused-ring (bicyclic) bond motifs is 2. The Kier molecular flexibility index (Phi) is 4.94. The number of hydrogen-bond donors (Lipinski definition) is 3. The van der Waals surface area contributed by atoms with Crippen LogP contribution in [0.2, 0.25) is 0 Å². The van der Waals surface area contributed by atoms with Crippen LogP contribution in [-0.4, -0.2) is 31.3 Å². The second-order valence-electron chi connectivity index (χ2n) is 6.59. The quantitative estimate of drug-likeness (QED) is 0.462. The Balaban J connectivity index is 1.43. The van der Waals surface area contributed by atoms with Crippen LogP contribution < -0.4 is 10.9 Å². The van der Waals surface area contributed by atoms with E-state index in [-0.39, 0.29) is 16.7 Å². The molecule has 0 aliphatic rings. The number of amides is 1. The standard InChI is InChI=1S/C19H19N5O2S2/c1-9-10(2)28-19-16(9)18(26)22-15(23-19)8-27-11(3)17(25)21-13-4-5-14-12(6-13)7-20-24-14/h4-7,11H,8H2,1-3H3,(H,20,24)(H,21,25)(H,22,23,26). The summed E-state index contributed by atoms with van der Waals surface area (Å²) in [4.78, 5) is 34.1. The lowest BCUT2D eigenvalue weighted by Gasteiger charge is -2.12. The van der Waals surface area contributed by atoms with E-state index in [2.05, 4.69) is 25.5 Å². The van der Waals surface area contributed by atoms with Crippen molar-refractivity contribution in [3.05, 3.63) is 51.0 Å². The molecule has 0 saturated carbocycles. The molecule has 3 aromatic heterocycles. The number of thioether (sulfide) groups is 1. The summed E-state index contributed by atoms with van der Waals surface area (Å²) in [7, 11) is 0. The first-order valence-corrected chi connectivity index (χ1v) is 10.6. The molecule has 0 radical (unpaired) electrons. The number of aryl methyl sites for hydroxylation is 2. The van der Waals surface area contributed by atoms with Crippen LogP contribution in [0.15, 0.2) is 29.2 Å². The minimum atomic E-state index is -0.298. The molecule has 3 heterocycles. The number of thiophene rings is 1. The fourth-order valence-electron chi connectivity index (χ4n) is 2.91. The molecule has 1 atom stereocenters. The third-order valence-corrected chi connectivity index (χ3v) is 6.89. The van der Waals surface area contributed by atoms with Gasteiger partial charge < -0.3 is 10.3 Å². The van der Waals surface area contributed by atoms with Crippen molar-refractivity contribution < 1.29 is 4.79 Å². The average molecular weight is 414 g/mol. The van der Waals surface area contributed by atoms with E-state index in [0.29, 0.717) is 17.0 Å². The second kappa shape index (κ2) is 7.40. The molecule has 1 unspecified atom stereocenters. The molecule has 28 heavy (non-hydrogen) atoms. The van der Waals surface area contributed by atoms with Gasteiger partial charge in [-0.15, -0.1) is 23.1 Å². The predicted octanol–water partition coefficient (Wildman–Crippen LogP) is 3.74. The van der Waals surface area contributed by atoms with Crippen molar-refractivity contribution in [3.63, 3.8) is 0 Å². The fourth-order valence-corrected chi connectivity index (χ4v) is 4.72. The SMILES string of the molecule is Cc1sc2nc(CSC(C)C(=O)Nc3ccc4[nH]ncc4c3)[nH]c(=O)c2c1C. The van der Waals surface area contributed by atoms with Gasteiger partial charge in [0.25, 0.3) is 5.56 Å². The van der Waals surface area contributed by atoms with E-state index < -0.39 is 0 Å². The maximum atomic E-state index is 12.5. The van der Waals surface area contributed by atoms with E-state index in [1.807, 2.05) is 39.0 Å². The highest BCUT2D eigenvalue weighted by Gasteiger charge is 2.16. The Bertz CT molecular complexity index is 1240. The normalized spacial score (nSPS) is 12.5. The van der Waals surface area contributed by atoms with Crippen LogP contribution in [-0.2, 0) is 10.5 Å². The maximum Gasteiger partial charge on any atom is 0.259 e. The van der Waals surface area contributed by atoms with Gasteiger partial charge in [0.15, 0.2) is 0 Å². The van der Waals surface area contributed by atoms with Crippen LogP contribution in [0.5, 0.6) is 0 Å². The van der Waals surface area contributed by atoms with Crippen molar-refractivity contribution in [1.29, 1.82) is 0 Å². The lowest BCUT2D eigenvalue weighted by molar-refractivity contribution is -0.115. The molecule has 0 bridgehead atoms. The van der Waals surface area contributed by atoms with Crippen molar-refractivity contribution >= 4 is 55.8 Å². The molecule has 0 spiro atoms. The Hall–Kier alpha value is -2.65. The lowest BCUT2D eigenvalue weighted by Crippen LogP contribution is -2.23. The van der Waals surface area contributed by atoms with Gasteiger partial charge in [0, 0.05) is 16.0 Å². The van der Waals surface area contributed by atoms with Crippen LogP contribution in [0, 0.1) is 13.8 Å². The van der Waals surface area contributed by atoms with Crippen LogP contribution >= 0.6 is 23.1 Å². The summed E-state index contributed by atoms with van der Waals surface area (Å²) in [5, 5.41) is 11.1. The summed E-state index contributed by atoms with van der Waals surface area (Å²) in [6.07, 6.45) is 1.72. The Labute approximate surface area is 169 Å². The van der Waals surface area contributed by atoms with Crippen molar-refractivity contribution in [1.82, 2.24) is 20.2 Å². The molecular formula is C19H19N5O2S2. The number of aromatic amines is 2. The Morgan fingerprint density at radius 3 is 3.00 bits per heavy atom. The van der Waals surface area contributed by atoms with E-state index in [0.717, 1.165) is 31.9 Å². The third kappa shape index (κ3) is 3.55. The van der Waals surface area contributed by atoms with Gasteiger partial charge in [-0.25, -0.2) is 4.98 Å². The van der Waals surface area contributed by atoms with Gasteiger partial charge in [0.2, 0.25) is 5.91 Å². The minimum Gasteiger partial charge on any atom is -0.325 e. The van der Waals surface area contributed by atoms with Crippen LogP contribution in [0.1, 0.15) is 23.2 Å². The first kappa shape index (κ1) is 18.7. The van der Waals surface area contributed by atoms with Gasteiger partial charge in [0.1, 0.15) is 10.7 Å². The summed E-state index contributed by atoms with van der Waals surface area (Å²) in [5.41, 5.74) is 2.51. The summed E-state index contributed by atoms with van der Waals surface area (Å²) < 4.78 is 0. The van der Waals surface area contributed by atoms with Gasteiger partial charge in [-0.3, -0.25) is 14.7 Å². The largest absolute Gasteiger partial charge is 0.325 e. The minimum absolute atomic E-state index is 0.0981. The highest BCUT2D eigenvalue weighted by Crippen LogP contribution is 2.26. The van der Waals surface area contributed by atoms with Crippen LogP contribution in [0.25, 0.3) is 21.1 Å². The summed E-state index contributed by atoms with van der Waals surface area (Å²) in [6, 6.07) is 5.59. The van der Waals surface area contributed by atoms with Crippen molar-refractivity contribution in [2.45, 2.75) is 31.8 Å². The highest BCUT2D eigenvalue weighted by atomic mass is 32.2. The van der Waals surface area contributed by atoms with Crippen LogP contribution in [0.3, 0.4) is 0 Å². The topological polar surface area (TPSA) is 104 Å². The molecule has 7 nitrogen and oxygen atoms in total. The van der Waals surface area contributed by atoms with E-state index in [9.17, 15) is 9.59 Å². The van der Waals surface area contributed by atoms with E-state index in [1.54, 1.807) is 6.20 Å². The third-order valence-electron chi connectivity index (χ3n) is 4.64. The van der Waals surface area contributed by atoms with Gasteiger partial charge in [0.05, 0.1) is 28.1 Å². The molecular weight excluding hydrogens is 394 g/mol. The summed E-state index contributed by atoms with van der Waals surface area (Å²) in [6.45, 7) is 5.77. The summed E-state index contributed by atoms with van der Waals surface area (Å²) >= 11 is 2.96. The van der Waals surface area contributed by atoms with Crippen molar-refractivity contribution in [3.8, 4) is 0 Å². The molecule has 3 N–H and O–H groups in total. The smallest absolute Gasteiger partial charge is 0.259 e. The molecule has 1 aromatic carbocycles. The monoisotopic (exact) mass is 413 g/mol. The van der Waals surface area contributed by atoms with E-state index in [1.165, 1.54) is 23.1 Å². The molecule has 1 amide bonds. The number of carbonyl (C=O) groups excluding carboxylic acids is 1.